The van der Waals surface area contributed by atoms with Crippen molar-refractivity contribution in [2.24, 2.45) is 0 Å². The molecule has 0 saturated carbocycles. The van der Waals surface area contributed by atoms with Crippen LogP contribution < -0.4 is 5.32 Å². The van der Waals surface area contributed by atoms with E-state index in [9.17, 15) is 4.79 Å². The maximum Gasteiger partial charge on any atom is 0.407 e. The number of amides is 1. The second kappa shape index (κ2) is 6.41. The highest BCUT2D eigenvalue weighted by atomic mass is 28.3. The van der Waals surface area contributed by atoms with E-state index in [0.29, 0.717) is 0 Å². The van der Waals surface area contributed by atoms with E-state index >= 15 is 0 Å². The summed E-state index contributed by atoms with van der Waals surface area (Å²) in [7, 11) is -1.36. The molecule has 0 saturated heterocycles. The minimum atomic E-state index is -1.36. The van der Waals surface area contributed by atoms with E-state index in [1.165, 1.54) is 11.1 Å². The fourth-order valence-corrected chi connectivity index (χ4v) is 3.05. The number of nitrogens with one attached hydrogen (secondary N) is 1. The molecule has 0 bridgehead atoms. The van der Waals surface area contributed by atoms with Crippen molar-refractivity contribution in [1.82, 2.24) is 5.32 Å². The number of hydrogen-bond donors (Lipinski definition) is 1. The third-order valence-corrected chi connectivity index (χ3v) is 4.32. The predicted molar refractivity (Wildman–Crippen MR) is 97.2 cm³/mol. The van der Waals surface area contributed by atoms with Gasteiger partial charge in [0.2, 0.25) is 0 Å². The SMILES string of the molecule is CC(C)(C)OC(=O)NC1Cc2ccc(C#C[Si](C)(C)C)cc2C1. The van der Waals surface area contributed by atoms with Gasteiger partial charge in [0, 0.05) is 11.6 Å². The Labute approximate surface area is 140 Å². The van der Waals surface area contributed by atoms with E-state index in [1.54, 1.807) is 0 Å². The maximum atomic E-state index is 11.9. The Balaban J connectivity index is 2.01. The van der Waals surface area contributed by atoms with Gasteiger partial charge in [0.1, 0.15) is 13.7 Å². The summed E-state index contributed by atoms with van der Waals surface area (Å²) in [6.07, 6.45) is 1.36. The van der Waals surface area contributed by atoms with Gasteiger partial charge in [-0.2, -0.15) is 0 Å². The first-order chi connectivity index (χ1) is 10.5. The van der Waals surface area contributed by atoms with Gasteiger partial charge in [-0.05, 0) is 56.9 Å². The quantitative estimate of drug-likeness (QED) is 0.627. The van der Waals surface area contributed by atoms with Crippen molar-refractivity contribution in [2.45, 2.75) is 64.9 Å². The Morgan fingerprint density at radius 2 is 1.87 bits per heavy atom. The van der Waals surface area contributed by atoms with Crippen molar-refractivity contribution in [3.63, 3.8) is 0 Å². The van der Waals surface area contributed by atoms with E-state index in [4.69, 9.17) is 4.74 Å². The predicted octanol–water partition coefficient (Wildman–Crippen LogP) is 3.91. The van der Waals surface area contributed by atoms with Crippen molar-refractivity contribution < 1.29 is 9.53 Å². The van der Waals surface area contributed by atoms with Crippen LogP contribution in [0.2, 0.25) is 19.6 Å². The number of hydrogen-bond acceptors (Lipinski definition) is 2. The Morgan fingerprint density at radius 3 is 2.48 bits per heavy atom. The number of fused-ring (bicyclic) bond motifs is 1. The van der Waals surface area contributed by atoms with Crippen LogP contribution in [0, 0.1) is 11.5 Å². The molecule has 1 aliphatic carbocycles. The molecule has 23 heavy (non-hydrogen) atoms. The average molecular weight is 330 g/mol. The second-order valence-corrected chi connectivity index (χ2v) is 13.0. The molecule has 1 aliphatic rings. The Hall–Kier alpha value is -1.73. The number of alkyl carbamates (subject to hydrolysis) is 1. The molecule has 0 heterocycles. The highest BCUT2D eigenvalue weighted by Gasteiger charge is 2.25. The molecule has 4 heteroatoms. The van der Waals surface area contributed by atoms with Gasteiger partial charge in [0.25, 0.3) is 0 Å². The zero-order valence-electron chi connectivity index (χ0n) is 15.0. The van der Waals surface area contributed by atoms with Crippen LogP contribution in [-0.4, -0.2) is 25.8 Å². The number of carbonyl (C=O) groups excluding carboxylic acids is 1. The molecule has 3 nitrogen and oxygen atoms in total. The largest absolute Gasteiger partial charge is 0.444 e. The molecule has 0 fully saturated rings. The number of benzene rings is 1. The molecule has 2 rings (SSSR count). The average Bonchev–Trinajstić information content (AvgIpc) is 2.74. The van der Waals surface area contributed by atoms with Gasteiger partial charge in [-0.25, -0.2) is 4.79 Å². The zero-order chi connectivity index (χ0) is 17.3. The normalized spacial score (nSPS) is 17.0. The lowest BCUT2D eigenvalue weighted by Crippen LogP contribution is -2.39. The molecular weight excluding hydrogens is 302 g/mol. The third kappa shape index (κ3) is 5.76. The first-order valence-electron chi connectivity index (χ1n) is 8.16. The highest BCUT2D eigenvalue weighted by Crippen LogP contribution is 2.23. The van der Waals surface area contributed by atoms with Crippen molar-refractivity contribution in [1.29, 1.82) is 0 Å². The number of rotatable bonds is 1. The summed E-state index contributed by atoms with van der Waals surface area (Å²) >= 11 is 0. The molecule has 0 radical (unpaired) electrons. The van der Waals surface area contributed by atoms with Gasteiger partial charge in [-0.1, -0.05) is 31.6 Å². The molecule has 1 unspecified atom stereocenters. The summed E-state index contributed by atoms with van der Waals surface area (Å²) in [5.41, 5.74) is 6.59. The lowest BCUT2D eigenvalue weighted by atomic mass is 10.1. The summed E-state index contributed by atoms with van der Waals surface area (Å²) in [4.78, 5) is 11.9. The molecule has 1 aromatic carbocycles. The van der Waals surface area contributed by atoms with Gasteiger partial charge in [0.15, 0.2) is 0 Å². The second-order valence-electron chi connectivity index (χ2n) is 8.23. The van der Waals surface area contributed by atoms with Crippen LogP contribution in [0.3, 0.4) is 0 Å². The first kappa shape index (κ1) is 17.6. The fourth-order valence-electron chi connectivity index (χ4n) is 2.53. The van der Waals surface area contributed by atoms with Crippen molar-refractivity contribution in [3.8, 4) is 11.5 Å². The lowest BCUT2D eigenvalue weighted by Gasteiger charge is -2.21. The van der Waals surface area contributed by atoms with Gasteiger partial charge in [-0.3, -0.25) is 0 Å². The van der Waals surface area contributed by atoms with Crippen LogP contribution in [0.1, 0.15) is 37.5 Å². The van der Waals surface area contributed by atoms with Crippen molar-refractivity contribution in [2.75, 3.05) is 0 Å². The zero-order valence-corrected chi connectivity index (χ0v) is 16.0. The van der Waals surface area contributed by atoms with E-state index < -0.39 is 13.7 Å². The van der Waals surface area contributed by atoms with Crippen LogP contribution in [0.25, 0.3) is 0 Å². The van der Waals surface area contributed by atoms with Crippen LogP contribution in [0.4, 0.5) is 4.79 Å². The summed E-state index contributed by atoms with van der Waals surface area (Å²) in [5.74, 6) is 3.30. The number of ether oxygens (including phenoxy) is 1. The molecule has 0 spiro atoms. The van der Waals surface area contributed by atoms with E-state index in [2.05, 4.69) is 54.6 Å². The Morgan fingerprint density at radius 1 is 1.22 bits per heavy atom. The molecule has 124 valence electrons. The van der Waals surface area contributed by atoms with Gasteiger partial charge < -0.3 is 10.1 Å². The minimum Gasteiger partial charge on any atom is -0.444 e. The highest BCUT2D eigenvalue weighted by molar-refractivity contribution is 6.83. The van der Waals surface area contributed by atoms with Crippen LogP contribution in [-0.2, 0) is 17.6 Å². The van der Waals surface area contributed by atoms with Crippen molar-refractivity contribution >= 4 is 14.2 Å². The fraction of sp³-hybridized carbons (Fsp3) is 0.526. The number of carbonyl (C=O) groups is 1. The monoisotopic (exact) mass is 329 g/mol. The maximum absolute atomic E-state index is 11.9. The van der Waals surface area contributed by atoms with E-state index in [0.717, 1.165) is 18.4 Å². The third-order valence-electron chi connectivity index (χ3n) is 3.44. The topological polar surface area (TPSA) is 38.3 Å². The van der Waals surface area contributed by atoms with Crippen LogP contribution in [0.5, 0.6) is 0 Å². The Kier molecular flexibility index (Phi) is 4.91. The smallest absolute Gasteiger partial charge is 0.407 e. The van der Waals surface area contributed by atoms with Gasteiger partial charge in [0.05, 0.1) is 0 Å². The van der Waals surface area contributed by atoms with Crippen LogP contribution >= 0.6 is 0 Å². The summed E-state index contributed by atoms with van der Waals surface area (Å²) in [5, 5.41) is 2.97. The molecular formula is C19H27NO2Si. The summed E-state index contributed by atoms with van der Waals surface area (Å²) in [6, 6.07) is 6.50. The summed E-state index contributed by atoms with van der Waals surface area (Å²) in [6.45, 7) is 12.4. The molecule has 0 aromatic heterocycles. The summed E-state index contributed by atoms with van der Waals surface area (Å²) < 4.78 is 5.33. The van der Waals surface area contributed by atoms with Crippen molar-refractivity contribution in [3.05, 3.63) is 34.9 Å². The molecule has 1 amide bonds. The molecule has 1 atom stereocenters. The van der Waals surface area contributed by atoms with Gasteiger partial charge >= 0.3 is 6.09 Å². The Bertz CT molecular complexity index is 657. The standard InChI is InChI=1S/C19H27NO2Si/c1-19(2,3)22-18(21)20-17-12-15-8-7-14(11-16(15)13-17)9-10-23(4,5)6/h7-8,11,17H,12-13H2,1-6H3,(H,20,21). The van der Waals surface area contributed by atoms with Gasteiger partial charge in [-0.15, -0.1) is 5.54 Å². The lowest BCUT2D eigenvalue weighted by molar-refractivity contribution is 0.0506. The minimum absolute atomic E-state index is 0.111. The van der Waals surface area contributed by atoms with Crippen LogP contribution in [0.15, 0.2) is 18.2 Å². The van der Waals surface area contributed by atoms with E-state index in [1.807, 2.05) is 20.8 Å². The molecule has 1 aromatic rings. The molecule has 1 N–H and O–H groups in total. The first-order valence-corrected chi connectivity index (χ1v) is 11.7. The molecule has 0 aliphatic heterocycles. The van der Waals surface area contributed by atoms with E-state index in [-0.39, 0.29) is 12.1 Å².